The van der Waals surface area contributed by atoms with E-state index in [2.05, 4.69) is 30.3 Å². The van der Waals surface area contributed by atoms with Crippen LogP contribution in [0.5, 0.6) is 0 Å². The van der Waals surface area contributed by atoms with Crippen molar-refractivity contribution in [1.29, 1.82) is 0 Å². The minimum atomic E-state index is -0.537. The van der Waals surface area contributed by atoms with Crippen molar-refractivity contribution in [2.24, 2.45) is 7.05 Å². The Labute approximate surface area is 116 Å². The minimum Gasteiger partial charge on any atom is -0.389 e. The summed E-state index contributed by atoms with van der Waals surface area (Å²) in [6.45, 7) is 5.27. The van der Waals surface area contributed by atoms with Gasteiger partial charge in [-0.1, -0.05) is 13.8 Å². The maximum Gasteiger partial charge on any atom is 0.0704 e. The summed E-state index contributed by atoms with van der Waals surface area (Å²) < 4.78 is 1.92. The number of hydrogen-bond donors (Lipinski definition) is 2. The number of aryl methyl sites for hydroxylation is 2. The van der Waals surface area contributed by atoms with Gasteiger partial charge in [-0.25, -0.2) is 0 Å². The molecule has 0 bridgehead atoms. The molecule has 1 aliphatic carbocycles. The first-order valence-electron chi connectivity index (χ1n) is 7.54. The molecule has 1 aromatic heterocycles. The minimum absolute atomic E-state index is 0.537. The lowest BCUT2D eigenvalue weighted by molar-refractivity contribution is -0.00442. The van der Waals surface area contributed by atoms with E-state index in [9.17, 15) is 5.11 Å². The monoisotopic (exact) mass is 265 g/mol. The first-order valence-corrected chi connectivity index (χ1v) is 7.54. The molecular formula is C15H27N3O. The average molecular weight is 265 g/mol. The lowest BCUT2D eigenvalue weighted by Gasteiger charge is -2.36. The van der Waals surface area contributed by atoms with E-state index in [0.29, 0.717) is 6.04 Å². The van der Waals surface area contributed by atoms with E-state index in [-0.39, 0.29) is 0 Å². The fraction of sp³-hybridized carbons (Fsp3) is 0.800. The van der Waals surface area contributed by atoms with Gasteiger partial charge in [-0.05, 0) is 44.7 Å². The maximum atomic E-state index is 10.7. The van der Waals surface area contributed by atoms with Crippen LogP contribution in [0.4, 0.5) is 0 Å². The summed E-state index contributed by atoms with van der Waals surface area (Å²) in [4.78, 5) is 0. The van der Waals surface area contributed by atoms with Crippen LogP contribution in [0.25, 0.3) is 0 Å². The van der Waals surface area contributed by atoms with Gasteiger partial charge in [-0.3, -0.25) is 4.68 Å². The molecule has 1 fully saturated rings. The molecule has 2 rings (SSSR count). The number of aliphatic hydroxyl groups is 1. The van der Waals surface area contributed by atoms with Crippen molar-refractivity contribution in [3.8, 4) is 0 Å². The summed E-state index contributed by atoms with van der Waals surface area (Å²) >= 11 is 0. The van der Waals surface area contributed by atoms with Crippen LogP contribution in [-0.4, -0.2) is 33.1 Å². The molecule has 0 amide bonds. The zero-order valence-electron chi connectivity index (χ0n) is 12.4. The van der Waals surface area contributed by atoms with Gasteiger partial charge in [0.2, 0.25) is 0 Å². The smallest absolute Gasteiger partial charge is 0.0704 e. The molecule has 1 aromatic rings. The van der Waals surface area contributed by atoms with Gasteiger partial charge in [-0.2, -0.15) is 5.10 Å². The van der Waals surface area contributed by atoms with Gasteiger partial charge in [0.25, 0.3) is 0 Å². The number of nitrogens with one attached hydrogen (secondary N) is 1. The maximum absolute atomic E-state index is 10.7. The quantitative estimate of drug-likeness (QED) is 0.853. The lowest BCUT2D eigenvalue weighted by atomic mass is 9.79. The topological polar surface area (TPSA) is 50.1 Å². The van der Waals surface area contributed by atoms with Gasteiger partial charge in [0.1, 0.15) is 0 Å². The van der Waals surface area contributed by atoms with E-state index < -0.39 is 5.60 Å². The SMILES string of the molecule is CCNC1CCC(O)(Cc2cc(CC)nn2C)CC1. The Balaban J connectivity index is 1.96. The first kappa shape index (κ1) is 14.5. The van der Waals surface area contributed by atoms with Gasteiger partial charge in [0, 0.05) is 25.2 Å². The van der Waals surface area contributed by atoms with Crippen LogP contribution >= 0.6 is 0 Å². The normalized spacial score (nSPS) is 27.7. The third-order valence-electron chi connectivity index (χ3n) is 4.31. The summed E-state index contributed by atoms with van der Waals surface area (Å²) in [5, 5.41) is 18.7. The van der Waals surface area contributed by atoms with Crippen LogP contribution in [0.2, 0.25) is 0 Å². The third-order valence-corrected chi connectivity index (χ3v) is 4.31. The molecule has 1 aliphatic rings. The molecule has 1 heterocycles. The second kappa shape index (κ2) is 6.06. The summed E-state index contributed by atoms with van der Waals surface area (Å²) in [5.74, 6) is 0. The molecule has 0 radical (unpaired) electrons. The number of rotatable bonds is 5. The van der Waals surface area contributed by atoms with Crippen LogP contribution in [0, 0.1) is 0 Å². The molecule has 0 saturated heterocycles. The highest BCUT2D eigenvalue weighted by atomic mass is 16.3. The second-order valence-corrected chi connectivity index (χ2v) is 5.84. The fourth-order valence-corrected chi connectivity index (χ4v) is 3.07. The van der Waals surface area contributed by atoms with Gasteiger partial charge in [0.05, 0.1) is 11.3 Å². The number of hydrogen-bond acceptors (Lipinski definition) is 3. The molecule has 1 saturated carbocycles. The van der Waals surface area contributed by atoms with Crippen LogP contribution in [0.1, 0.15) is 50.9 Å². The summed E-state index contributed by atoms with van der Waals surface area (Å²) in [7, 11) is 1.97. The van der Waals surface area contributed by atoms with Crippen LogP contribution in [-0.2, 0) is 19.9 Å². The molecule has 4 heteroatoms. The molecule has 2 N–H and O–H groups in total. The molecule has 0 atom stereocenters. The molecule has 19 heavy (non-hydrogen) atoms. The van der Waals surface area contributed by atoms with E-state index in [1.54, 1.807) is 0 Å². The van der Waals surface area contributed by atoms with Gasteiger partial charge in [-0.15, -0.1) is 0 Å². The predicted octanol–water partition coefficient (Wildman–Crippen LogP) is 1.81. The highest BCUT2D eigenvalue weighted by Crippen LogP contribution is 2.31. The van der Waals surface area contributed by atoms with Crippen molar-refractivity contribution < 1.29 is 5.11 Å². The third kappa shape index (κ3) is 3.57. The molecular weight excluding hydrogens is 238 g/mol. The zero-order chi connectivity index (χ0) is 13.9. The molecule has 0 unspecified atom stereocenters. The van der Waals surface area contributed by atoms with Crippen LogP contribution in [0.3, 0.4) is 0 Å². The Morgan fingerprint density at radius 1 is 1.42 bits per heavy atom. The summed E-state index contributed by atoms with van der Waals surface area (Å²) in [5.41, 5.74) is 1.73. The number of aromatic nitrogens is 2. The zero-order valence-corrected chi connectivity index (χ0v) is 12.4. The molecule has 108 valence electrons. The van der Waals surface area contributed by atoms with E-state index in [1.165, 1.54) is 0 Å². The Bertz CT molecular complexity index is 406. The Kier molecular flexibility index (Phi) is 4.63. The van der Waals surface area contributed by atoms with Crippen molar-refractivity contribution in [2.45, 2.75) is 64.0 Å². The molecule has 0 aliphatic heterocycles. The van der Waals surface area contributed by atoms with Gasteiger partial charge in [0.15, 0.2) is 0 Å². The van der Waals surface area contributed by atoms with E-state index in [0.717, 1.165) is 56.5 Å². The van der Waals surface area contributed by atoms with Crippen LogP contribution in [0.15, 0.2) is 6.07 Å². The van der Waals surface area contributed by atoms with Crippen molar-refractivity contribution in [3.63, 3.8) is 0 Å². The van der Waals surface area contributed by atoms with Crippen LogP contribution < -0.4 is 5.32 Å². The fourth-order valence-electron chi connectivity index (χ4n) is 3.07. The van der Waals surface area contributed by atoms with Crippen molar-refractivity contribution >= 4 is 0 Å². The lowest BCUT2D eigenvalue weighted by Crippen LogP contribution is -2.42. The van der Waals surface area contributed by atoms with E-state index in [1.807, 2.05) is 11.7 Å². The van der Waals surface area contributed by atoms with Gasteiger partial charge >= 0.3 is 0 Å². The van der Waals surface area contributed by atoms with Gasteiger partial charge < -0.3 is 10.4 Å². The molecule has 4 nitrogen and oxygen atoms in total. The summed E-state index contributed by atoms with van der Waals surface area (Å²) in [6, 6.07) is 2.72. The average Bonchev–Trinajstić information content (AvgIpc) is 2.73. The predicted molar refractivity (Wildman–Crippen MR) is 77.2 cm³/mol. The van der Waals surface area contributed by atoms with Crippen molar-refractivity contribution in [3.05, 3.63) is 17.5 Å². The highest BCUT2D eigenvalue weighted by Gasteiger charge is 2.33. The Morgan fingerprint density at radius 3 is 2.63 bits per heavy atom. The second-order valence-electron chi connectivity index (χ2n) is 5.84. The molecule has 0 aromatic carbocycles. The Morgan fingerprint density at radius 2 is 2.11 bits per heavy atom. The van der Waals surface area contributed by atoms with Crippen molar-refractivity contribution in [1.82, 2.24) is 15.1 Å². The number of nitrogens with zero attached hydrogens (tertiary/aromatic N) is 2. The van der Waals surface area contributed by atoms with E-state index >= 15 is 0 Å². The standard InChI is InChI=1S/C15H27N3O/c1-4-12-10-14(18(3)17-12)11-15(19)8-6-13(7-9-15)16-5-2/h10,13,16,19H,4-9,11H2,1-3H3. The first-order chi connectivity index (χ1) is 9.06. The largest absolute Gasteiger partial charge is 0.389 e. The Hall–Kier alpha value is -0.870. The highest BCUT2D eigenvalue weighted by molar-refractivity contribution is 5.13. The molecule has 0 spiro atoms. The van der Waals surface area contributed by atoms with Crippen molar-refractivity contribution in [2.75, 3.05) is 6.54 Å². The van der Waals surface area contributed by atoms with E-state index in [4.69, 9.17) is 0 Å². The summed E-state index contributed by atoms with van der Waals surface area (Å²) in [6.07, 6.45) is 5.60.